The van der Waals surface area contributed by atoms with Crippen molar-refractivity contribution in [1.29, 1.82) is 10.8 Å². The molecule has 16 heavy (non-hydrogen) atoms. The summed E-state index contributed by atoms with van der Waals surface area (Å²) in [6.07, 6.45) is 0.147. The first kappa shape index (κ1) is 12.8. The van der Waals surface area contributed by atoms with Gasteiger partial charge in [0.05, 0.1) is 18.7 Å². The molecule has 0 radical (unpaired) electrons. The Kier molecular flexibility index (Phi) is 4.59. The van der Waals surface area contributed by atoms with Crippen LogP contribution in [0.5, 0.6) is 0 Å². The molecule has 0 spiro atoms. The van der Waals surface area contributed by atoms with Crippen LogP contribution >= 0.6 is 22.6 Å². The molecule has 86 valence electrons. The third-order valence-corrected chi connectivity index (χ3v) is 2.31. The standard InChI is InChI=1S/C9H10IN3O3/c1-2-15-9(14)7-4-5(16-13-7)3-6(11)8(10)12/h4,11-12H,2-3H2,1H3. The zero-order valence-electron chi connectivity index (χ0n) is 8.54. The maximum atomic E-state index is 11.2. The van der Waals surface area contributed by atoms with E-state index in [-0.39, 0.29) is 28.2 Å². The summed E-state index contributed by atoms with van der Waals surface area (Å²) in [6.45, 7) is 1.97. The summed E-state index contributed by atoms with van der Waals surface area (Å²) in [5.74, 6) is -0.178. The van der Waals surface area contributed by atoms with Crippen LogP contribution in [0, 0.1) is 10.8 Å². The van der Waals surface area contributed by atoms with Crippen molar-refractivity contribution in [2.45, 2.75) is 13.3 Å². The van der Waals surface area contributed by atoms with Gasteiger partial charge in [0.15, 0.2) is 5.69 Å². The number of carbonyl (C=O) groups is 1. The Bertz CT molecular complexity index is 427. The SMILES string of the molecule is CCOC(=O)c1cc(CC(=N)C(=N)I)on1. The Morgan fingerprint density at radius 2 is 2.31 bits per heavy atom. The van der Waals surface area contributed by atoms with Crippen LogP contribution in [-0.4, -0.2) is 27.2 Å². The first-order chi connectivity index (χ1) is 7.54. The van der Waals surface area contributed by atoms with Gasteiger partial charge in [0, 0.05) is 6.07 Å². The van der Waals surface area contributed by atoms with Crippen LogP contribution in [0.2, 0.25) is 0 Å². The van der Waals surface area contributed by atoms with Crippen molar-refractivity contribution in [3.63, 3.8) is 0 Å². The predicted octanol–water partition coefficient (Wildman–Crippen LogP) is 1.83. The summed E-state index contributed by atoms with van der Waals surface area (Å²) in [7, 11) is 0. The second-order valence-corrected chi connectivity index (χ2v) is 3.95. The highest BCUT2D eigenvalue weighted by Crippen LogP contribution is 2.07. The number of nitrogens with zero attached hydrogens (tertiary/aromatic N) is 1. The van der Waals surface area contributed by atoms with Crippen LogP contribution in [0.1, 0.15) is 23.2 Å². The Balaban J connectivity index is 2.68. The molecule has 0 amide bonds. The number of esters is 1. The first-order valence-corrected chi connectivity index (χ1v) is 5.57. The van der Waals surface area contributed by atoms with Crippen molar-refractivity contribution in [2.75, 3.05) is 6.61 Å². The number of ether oxygens (including phenoxy) is 1. The second kappa shape index (κ2) is 5.73. The molecule has 1 aromatic heterocycles. The van der Waals surface area contributed by atoms with Gasteiger partial charge in [-0.15, -0.1) is 0 Å². The Morgan fingerprint density at radius 3 is 2.88 bits per heavy atom. The minimum Gasteiger partial charge on any atom is -0.461 e. The number of carbonyl (C=O) groups excluding carboxylic acids is 1. The third kappa shape index (κ3) is 3.40. The zero-order chi connectivity index (χ0) is 12.1. The topological polar surface area (TPSA) is 100 Å². The van der Waals surface area contributed by atoms with Gasteiger partial charge in [-0.3, -0.25) is 5.41 Å². The highest BCUT2D eigenvalue weighted by Gasteiger charge is 2.14. The van der Waals surface area contributed by atoms with E-state index in [1.54, 1.807) is 29.5 Å². The lowest BCUT2D eigenvalue weighted by Gasteiger charge is -1.95. The van der Waals surface area contributed by atoms with Gasteiger partial charge in [-0.25, -0.2) is 4.79 Å². The molecule has 0 saturated heterocycles. The molecular formula is C9H10IN3O3. The summed E-state index contributed by atoms with van der Waals surface area (Å²) in [5, 5.41) is 18.2. The quantitative estimate of drug-likeness (QED) is 0.487. The summed E-state index contributed by atoms with van der Waals surface area (Å²) in [6, 6.07) is 1.42. The lowest BCUT2D eigenvalue weighted by atomic mass is 10.2. The van der Waals surface area contributed by atoms with Crippen molar-refractivity contribution < 1.29 is 14.1 Å². The van der Waals surface area contributed by atoms with Gasteiger partial charge < -0.3 is 14.7 Å². The minimum absolute atomic E-state index is 0.0876. The molecule has 0 aliphatic heterocycles. The molecule has 6 nitrogen and oxygen atoms in total. The van der Waals surface area contributed by atoms with E-state index in [4.69, 9.17) is 20.1 Å². The Hall–Kier alpha value is -1.25. The van der Waals surface area contributed by atoms with E-state index in [1.165, 1.54) is 6.07 Å². The fraction of sp³-hybridized carbons (Fsp3) is 0.333. The molecule has 2 N–H and O–H groups in total. The van der Waals surface area contributed by atoms with Crippen LogP contribution in [0.4, 0.5) is 0 Å². The molecule has 0 aliphatic rings. The van der Waals surface area contributed by atoms with Crippen molar-refractivity contribution in [3.05, 3.63) is 17.5 Å². The van der Waals surface area contributed by atoms with Gasteiger partial charge >= 0.3 is 5.97 Å². The maximum absolute atomic E-state index is 11.2. The molecule has 1 heterocycles. The average molecular weight is 335 g/mol. The van der Waals surface area contributed by atoms with E-state index in [0.717, 1.165) is 0 Å². The predicted molar refractivity (Wildman–Crippen MR) is 65.6 cm³/mol. The van der Waals surface area contributed by atoms with Crippen molar-refractivity contribution in [3.8, 4) is 0 Å². The first-order valence-electron chi connectivity index (χ1n) is 4.49. The lowest BCUT2D eigenvalue weighted by Crippen LogP contribution is -2.07. The molecule has 0 aromatic carbocycles. The van der Waals surface area contributed by atoms with Gasteiger partial charge in [-0.1, -0.05) is 5.16 Å². The molecule has 1 aromatic rings. The molecule has 0 saturated carbocycles. The molecule has 0 fully saturated rings. The molecule has 0 bridgehead atoms. The highest BCUT2D eigenvalue weighted by molar-refractivity contribution is 14.1. The number of rotatable bonds is 5. The number of hydrogen-bond acceptors (Lipinski definition) is 6. The number of hydrogen-bond donors (Lipinski definition) is 2. The fourth-order valence-corrected chi connectivity index (χ4v) is 1.14. The molecule has 0 unspecified atom stereocenters. The van der Waals surface area contributed by atoms with E-state index in [2.05, 4.69) is 5.16 Å². The summed E-state index contributed by atoms with van der Waals surface area (Å²) in [5.41, 5.74) is 0.205. The molecule has 1 rings (SSSR count). The summed E-state index contributed by atoms with van der Waals surface area (Å²) < 4.78 is 9.73. The average Bonchev–Trinajstić information content (AvgIpc) is 2.66. The fourth-order valence-electron chi connectivity index (χ4n) is 0.949. The van der Waals surface area contributed by atoms with Crippen LogP contribution in [-0.2, 0) is 11.2 Å². The summed E-state index contributed by atoms with van der Waals surface area (Å²) in [4.78, 5) is 11.2. The number of halogens is 1. The van der Waals surface area contributed by atoms with Crippen LogP contribution in [0.25, 0.3) is 0 Å². The van der Waals surface area contributed by atoms with E-state index < -0.39 is 5.97 Å². The van der Waals surface area contributed by atoms with E-state index >= 15 is 0 Å². The van der Waals surface area contributed by atoms with Crippen molar-refractivity contribution >= 4 is 38.0 Å². The van der Waals surface area contributed by atoms with E-state index in [9.17, 15) is 4.79 Å². The molecular weight excluding hydrogens is 325 g/mol. The van der Waals surface area contributed by atoms with Crippen molar-refractivity contribution in [1.82, 2.24) is 5.16 Å². The van der Waals surface area contributed by atoms with Crippen LogP contribution in [0.3, 0.4) is 0 Å². The van der Waals surface area contributed by atoms with Gasteiger partial charge in [-0.2, -0.15) is 0 Å². The highest BCUT2D eigenvalue weighted by atomic mass is 127. The normalized spacial score (nSPS) is 9.88. The van der Waals surface area contributed by atoms with Gasteiger partial charge in [0.1, 0.15) is 9.48 Å². The van der Waals surface area contributed by atoms with E-state index in [0.29, 0.717) is 5.76 Å². The Morgan fingerprint density at radius 1 is 1.62 bits per heavy atom. The zero-order valence-corrected chi connectivity index (χ0v) is 10.7. The monoisotopic (exact) mass is 335 g/mol. The number of aromatic nitrogens is 1. The Labute approximate surface area is 105 Å². The lowest BCUT2D eigenvalue weighted by molar-refractivity contribution is 0.0514. The molecule has 0 aliphatic carbocycles. The largest absolute Gasteiger partial charge is 0.461 e. The molecule has 0 atom stereocenters. The van der Waals surface area contributed by atoms with Crippen LogP contribution in [0.15, 0.2) is 10.6 Å². The van der Waals surface area contributed by atoms with Crippen LogP contribution < -0.4 is 0 Å². The minimum atomic E-state index is -0.548. The molecule has 7 heteroatoms. The van der Waals surface area contributed by atoms with Crippen molar-refractivity contribution in [2.24, 2.45) is 0 Å². The third-order valence-electron chi connectivity index (χ3n) is 1.66. The summed E-state index contributed by atoms with van der Waals surface area (Å²) >= 11 is 1.73. The van der Waals surface area contributed by atoms with E-state index in [1.807, 2.05) is 0 Å². The smallest absolute Gasteiger partial charge is 0.360 e. The number of nitrogens with one attached hydrogen (secondary N) is 2. The van der Waals surface area contributed by atoms with Gasteiger partial charge in [0.2, 0.25) is 0 Å². The van der Waals surface area contributed by atoms with Gasteiger partial charge in [-0.05, 0) is 29.5 Å². The van der Waals surface area contributed by atoms with Gasteiger partial charge in [0.25, 0.3) is 0 Å². The second-order valence-electron chi connectivity index (χ2n) is 2.87. The maximum Gasteiger partial charge on any atom is 0.360 e.